The molecule has 1 heterocycles. The number of nitrogens with two attached hydrogens (primary N) is 1. The molecule has 0 radical (unpaired) electrons. The van der Waals surface area contributed by atoms with Crippen molar-refractivity contribution in [2.24, 2.45) is 5.84 Å². The van der Waals surface area contributed by atoms with Crippen LogP contribution in [0.1, 0.15) is 29.7 Å². The highest BCUT2D eigenvalue weighted by Gasteiger charge is 2.11. The molecule has 4 nitrogen and oxygen atoms in total. The highest BCUT2D eigenvalue weighted by molar-refractivity contribution is 5.27. The Morgan fingerprint density at radius 1 is 1.15 bits per heavy atom. The van der Waals surface area contributed by atoms with Gasteiger partial charge in [-0.15, -0.1) is 0 Å². The third kappa shape index (κ3) is 3.56. The molecule has 0 spiro atoms. The van der Waals surface area contributed by atoms with Gasteiger partial charge in [0.2, 0.25) is 5.88 Å². The monoisotopic (exact) mass is 271 g/mol. The number of hydrogen-bond acceptors (Lipinski definition) is 4. The van der Waals surface area contributed by atoms with Crippen LogP contribution in [0.2, 0.25) is 0 Å². The van der Waals surface area contributed by atoms with Crippen molar-refractivity contribution in [1.82, 2.24) is 10.4 Å². The fourth-order valence-corrected chi connectivity index (χ4v) is 2.15. The molecule has 0 aliphatic carbocycles. The number of hydrazine groups is 1. The molecule has 1 atom stereocenters. The van der Waals surface area contributed by atoms with Gasteiger partial charge < -0.3 is 4.74 Å². The first-order valence-electron chi connectivity index (χ1n) is 6.80. The van der Waals surface area contributed by atoms with E-state index in [1.54, 1.807) is 7.11 Å². The minimum absolute atomic E-state index is 0.0797. The Morgan fingerprint density at radius 2 is 1.85 bits per heavy atom. The largest absolute Gasteiger partial charge is 0.481 e. The van der Waals surface area contributed by atoms with E-state index in [-0.39, 0.29) is 6.04 Å². The minimum atomic E-state index is 0.0797. The molecular weight excluding hydrogens is 250 g/mol. The number of pyridine rings is 1. The first-order chi connectivity index (χ1) is 9.76. The summed E-state index contributed by atoms with van der Waals surface area (Å²) in [6, 6.07) is 12.5. The van der Waals surface area contributed by atoms with Gasteiger partial charge >= 0.3 is 0 Å². The van der Waals surface area contributed by atoms with Crippen LogP contribution in [0.5, 0.6) is 5.88 Å². The lowest BCUT2D eigenvalue weighted by molar-refractivity contribution is 0.397. The van der Waals surface area contributed by atoms with Gasteiger partial charge in [-0.1, -0.05) is 37.3 Å². The summed E-state index contributed by atoms with van der Waals surface area (Å²) in [7, 11) is 1.61. The van der Waals surface area contributed by atoms with Crippen LogP contribution in [0.4, 0.5) is 0 Å². The Balaban J connectivity index is 2.10. The number of rotatable bonds is 6. The zero-order valence-corrected chi connectivity index (χ0v) is 12.0. The zero-order chi connectivity index (χ0) is 14.4. The summed E-state index contributed by atoms with van der Waals surface area (Å²) in [4.78, 5) is 4.21. The van der Waals surface area contributed by atoms with Crippen LogP contribution in [0.25, 0.3) is 0 Å². The standard InChI is InChI=1S/C16H21N3O/c1-3-12-4-7-14(8-5-12)15(19-17)10-13-6-9-16(20-2)18-11-13/h4-9,11,15,19H,3,10,17H2,1-2H3. The second kappa shape index (κ2) is 7.03. The van der Waals surface area contributed by atoms with Crippen molar-refractivity contribution in [1.29, 1.82) is 0 Å². The van der Waals surface area contributed by atoms with Crippen LogP contribution in [0.15, 0.2) is 42.6 Å². The second-order valence-electron chi connectivity index (χ2n) is 4.73. The molecular formula is C16H21N3O. The Morgan fingerprint density at radius 3 is 2.35 bits per heavy atom. The number of aryl methyl sites for hydroxylation is 1. The Bertz CT molecular complexity index is 522. The summed E-state index contributed by atoms with van der Waals surface area (Å²) in [6.07, 6.45) is 3.66. The summed E-state index contributed by atoms with van der Waals surface area (Å²) in [5.74, 6) is 6.31. The lowest BCUT2D eigenvalue weighted by Gasteiger charge is -2.16. The normalized spacial score (nSPS) is 12.2. The predicted molar refractivity (Wildman–Crippen MR) is 80.4 cm³/mol. The number of ether oxygens (including phenoxy) is 1. The van der Waals surface area contributed by atoms with Gasteiger partial charge in [-0.05, 0) is 29.5 Å². The average molecular weight is 271 g/mol. The number of methoxy groups -OCH3 is 1. The maximum Gasteiger partial charge on any atom is 0.212 e. The topological polar surface area (TPSA) is 60.2 Å². The van der Waals surface area contributed by atoms with E-state index >= 15 is 0 Å². The van der Waals surface area contributed by atoms with E-state index in [1.807, 2.05) is 18.3 Å². The number of nitrogens with zero attached hydrogens (tertiary/aromatic N) is 1. The molecule has 0 fully saturated rings. The van der Waals surface area contributed by atoms with Crippen LogP contribution in [-0.4, -0.2) is 12.1 Å². The van der Waals surface area contributed by atoms with Crippen molar-refractivity contribution in [3.8, 4) is 5.88 Å². The summed E-state index contributed by atoms with van der Waals surface area (Å²) in [6.45, 7) is 2.15. The molecule has 2 aromatic rings. The van der Waals surface area contributed by atoms with E-state index < -0.39 is 0 Å². The lowest BCUT2D eigenvalue weighted by atomic mass is 9.99. The van der Waals surface area contributed by atoms with Crippen molar-refractivity contribution in [3.63, 3.8) is 0 Å². The van der Waals surface area contributed by atoms with Crippen LogP contribution in [0, 0.1) is 0 Å². The molecule has 0 saturated heterocycles. The van der Waals surface area contributed by atoms with Crippen molar-refractivity contribution >= 4 is 0 Å². The molecule has 1 aromatic carbocycles. The molecule has 2 rings (SSSR count). The number of aromatic nitrogens is 1. The summed E-state index contributed by atoms with van der Waals surface area (Å²) >= 11 is 0. The maximum atomic E-state index is 5.68. The Kier molecular flexibility index (Phi) is 5.09. The molecule has 4 heteroatoms. The first-order valence-corrected chi connectivity index (χ1v) is 6.80. The van der Waals surface area contributed by atoms with E-state index in [1.165, 1.54) is 11.1 Å². The second-order valence-corrected chi connectivity index (χ2v) is 4.73. The third-order valence-electron chi connectivity index (χ3n) is 3.44. The van der Waals surface area contributed by atoms with Crippen LogP contribution >= 0.6 is 0 Å². The predicted octanol–water partition coefficient (Wildman–Crippen LogP) is 2.40. The average Bonchev–Trinajstić information content (AvgIpc) is 2.53. The van der Waals surface area contributed by atoms with Gasteiger partial charge in [0.05, 0.1) is 13.2 Å². The van der Waals surface area contributed by atoms with Gasteiger partial charge in [0, 0.05) is 12.3 Å². The Hall–Kier alpha value is -1.91. The molecule has 1 unspecified atom stereocenters. The Labute approximate surface area is 120 Å². The lowest BCUT2D eigenvalue weighted by Crippen LogP contribution is -2.29. The van der Waals surface area contributed by atoms with Gasteiger partial charge in [-0.25, -0.2) is 4.98 Å². The van der Waals surface area contributed by atoms with Crippen molar-refractivity contribution in [2.75, 3.05) is 7.11 Å². The summed E-state index contributed by atoms with van der Waals surface area (Å²) in [5, 5.41) is 0. The third-order valence-corrected chi connectivity index (χ3v) is 3.44. The molecule has 3 N–H and O–H groups in total. The van der Waals surface area contributed by atoms with Gasteiger partial charge in [-0.2, -0.15) is 0 Å². The van der Waals surface area contributed by atoms with E-state index in [0.717, 1.165) is 18.4 Å². The van der Waals surface area contributed by atoms with Gasteiger partial charge in [0.25, 0.3) is 0 Å². The van der Waals surface area contributed by atoms with Crippen molar-refractivity contribution < 1.29 is 4.74 Å². The van der Waals surface area contributed by atoms with Crippen LogP contribution in [0.3, 0.4) is 0 Å². The molecule has 0 aliphatic rings. The van der Waals surface area contributed by atoms with Crippen LogP contribution < -0.4 is 16.0 Å². The van der Waals surface area contributed by atoms with Crippen LogP contribution in [-0.2, 0) is 12.8 Å². The molecule has 0 amide bonds. The number of benzene rings is 1. The summed E-state index contributed by atoms with van der Waals surface area (Å²) < 4.78 is 5.06. The number of nitrogens with one attached hydrogen (secondary N) is 1. The molecule has 0 aliphatic heterocycles. The van der Waals surface area contributed by atoms with E-state index in [4.69, 9.17) is 10.6 Å². The smallest absolute Gasteiger partial charge is 0.212 e. The highest BCUT2D eigenvalue weighted by Crippen LogP contribution is 2.19. The molecule has 0 saturated carbocycles. The van der Waals surface area contributed by atoms with Gasteiger partial charge in [0.1, 0.15) is 0 Å². The molecule has 20 heavy (non-hydrogen) atoms. The minimum Gasteiger partial charge on any atom is -0.481 e. The molecule has 106 valence electrons. The first kappa shape index (κ1) is 14.5. The van der Waals surface area contributed by atoms with E-state index in [0.29, 0.717) is 5.88 Å². The van der Waals surface area contributed by atoms with Gasteiger partial charge in [-0.3, -0.25) is 11.3 Å². The van der Waals surface area contributed by atoms with Crippen molar-refractivity contribution in [3.05, 3.63) is 59.3 Å². The summed E-state index contributed by atoms with van der Waals surface area (Å²) in [5.41, 5.74) is 6.50. The van der Waals surface area contributed by atoms with Gasteiger partial charge in [0.15, 0.2) is 0 Å². The molecule has 0 bridgehead atoms. The molecule has 1 aromatic heterocycles. The van der Waals surface area contributed by atoms with E-state index in [2.05, 4.69) is 41.6 Å². The maximum absolute atomic E-state index is 5.68. The quantitative estimate of drug-likeness (QED) is 0.625. The SMILES string of the molecule is CCc1ccc(C(Cc2ccc(OC)nc2)NN)cc1. The fraction of sp³-hybridized carbons (Fsp3) is 0.312. The zero-order valence-electron chi connectivity index (χ0n) is 12.0. The fourth-order valence-electron chi connectivity index (χ4n) is 2.15. The van der Waals surface area contributed by atoms with Crippen molar-refractivity contribution in [2.45, 2.75) is 25.8 Å². The highest BCUT2D eigenvalue weighted by atomic mass is 16.5. The van der Waals surface area contributed by atoms with E-state index in [9.17, 15) is 0 Å². The number of hydrogen-bond donors (Lipinski definition) is 2.